The van der Waals surface area contributed by atoms with Gasteiger partial charge in [-0.05, 0) is 69.2 Å². The first kappa shape index (κ1) is 24.3. The minimum absolute atomic E-state index is 0.0293. The molecule has 1 aromatic rings. The second kappa shape index (κ2) is 9.90. The van der Waals surface area contributed by atoms with E-state index in [0.29, 0.717) is 24.6 Å². The number of carbonyl (C=O) groups excluding carboxylic acids is 3. The zero-order valence-corrected chi connectivity index (χ0v) is 20.9. The number of amides is 3. The van der Waals surface area contributed by atoms with E-state index in [9.17, 15) is 14.4 Å². The van der Waals surface area contributed by atoms with Gasteiger partial charge in [0.25, 0.3) is 5.91 Å². The van der Waals surface area contributed by atoms with E-state index in [1.165, 1.54) is 12.8 Å². The summed E-state index contributed by atoms with van der Waals surface area (Å²) in [7, 11) is 1.81. The molecule has 0 radical (unpaired) electrons. The van der Waals surface area contributed by atoms with Gasteiger partial charge in [-0.25, -0.2) is 0 Å². The Morgan fingerprint density at radius 1 is 1.03 bits per heavy atom. The third-order valence-corrected chi connectivity index (χ3v) is 8.52. The number of benzene rings is 1. The number of imide groups is 1. The van der Waals surface area contributed by atoms with Crippen LogP contribution in [0.5, 0.6) is 5.75 Å². The molecular formula is C27H37N3O5. The van der Waals surface area contributed by atoms with Gasteiger partial charge in [-0.3, -0.25) is 24.6 Å². The molecule has 35 heavy (non-hydrogen) atoms. The second-order valence-electron chi connectivity index (χ2n) is 10.8. The summed E-state index contributed by atoms with van der Waals surface area (Å²) >= 11 is 0. The maximum atomic E-state index is 13.0. The van der Waals surface area contributed by atoms with E-state index in [0.717, 1.165) is 56.5 Å². The highest BCUT2D eigenvalue weighted by molar-refractivity contribution is 6.05. The molecule has 1 aromatic carbocycles. The maximum Gasteiger partial charge on any atom is 0.255 e. The number of carbonyl (C=O) groups is 3. The Morgan fingerprint density at radius 2 is 1.80 bits per heavy atom. The Hall–Kier alpha value is -2.45. The van der Waals surface area contributed by atoms with E-state index in [-0.39, 0.29) is 35.8 Å². The van der Waals surface area contributed by atoms with Crippen molar-refractivity contribution in [2.75, 3.05) is 20.2 Å². The van der Waals surface area contributed by atoms with Crippen LogP contribution in [0.4, 0.5) is 0 Å². The Morgan fingerprint density at radius 3 is 2.54 bits per heavy atom. The summed E-state index contributed by atoms with van der Waals surface area (Å²) in [5.41, 5.74) is 1.48. The number of methoxy groups -OCH3 is 1. The molecule has 8 nitrogen and oxygen atoms in total. The molecule has 1 N–H and O–H groups in total. The van der Waals surface area contributed by atoms with Crippen LogP contribution in [0.3, 0.4) is 0 Å². The summed E-state index contributed by atoms with van der Waals surface area (Å²) in [5.74, 6) is -0.0175. The van der Waals surface area contributed by atoms with Crippen LogP contribution in [0.25, 0.3) is 0 Å². The molecule has 4 aliphatic rings. The highest BCUT2D eigenvalue weighted by atomic mass is 16.5. The van der Waals surface area contributed by atoms with Crippen molar-refractivity contribution in [3.63, 3.8) is 0 Å². The fraction of sp³-hybridized carbons (Fsp3) is 0.667. The van der Waals surface area contributed by atoms with Gasteiger partial charge >= 0.3 is 0 Å². The van der Waals surface area contributed by atoms with E-state index < -0.39 is 6.04 Å². The van der Waals surface area contributed by atoms with Crippen molar-refractivity contribution in [2.45, 2.75) is 95.0 Å². The Labute approximate surface area is 207 Å². The number of rotatable bonds is 5. The van der Waals surface area contributed by atoms with Crippen molar-refractivity contribution >= 4 is 17.7 Å². The normalized spacial score (nSPS) is 29.5. The van der Waals surface area contributed by atoms with Gasteiger partial charge in [-0.1, -0.05) is 12.8 Å². The van der Waals surface area contributed by atoms with Gasteiger partial charge in [0.05, 0.1) is 5.60 Å². The number of nitrogens with zero attached hydrogens (tertiary/aromatic N) is 2. The zero-order valence-electron chi connectivity index (χ0n) is 20.9. The first-order valence-corrected chi connectivity index (χ1v) is 13.1. The number of fused-ring (bicyclic) bond motifs is 1. The lowest BCUT2D eigenvalue weighted by Crippen LogP contribution is -2.52. The summed E-state index contributed by atoms with van der Waals surface area (Å²) in [6.45, 7) is 4.62. The standard InChI is InChI=1S/C27H37N3O5/c1-27(34-2)12-14-29(15-13-27)21-6-4-3-5-7-23(21)35-19-8-9-20-18(16-19)17-30(26(20)33)22-10-11-24(31)28-25(22)32/h8-9,16,21-23H,3-7,10-15,17H2,1-2H3,(H,28,31,32)/t21-,22?,23-/m1/s1. The van der Waals surface area contributed by atoms with Crippen LogP contribution in [-0.4, -0.2) is 71.5 Å². The number of likely N-dealkylation sites (tertiary alicyclic amines) is 1. The third kappa shape index (κ3) is 4.96. The molecule has 0 aromatic heterocycles. The topological polar surface area (TPSA) is 88.2 Å². The van der Waals surface area contributed by atoms with E-state index in [1.807, 2.05) is 25.3 Å². The van der Waals surface area contributed by atoms with Gasteiger partial charge in [0.15, 0.2) is 0 Å². The van der Waals surface area contributed by atoms with Crippen molar-refractivity contribution in [1.29, 1.82) is 0 Å². The smallest absolute Gasteiger partial charge is 0.255 e. The number of ether oxygens (including phenoxy) is 2. The van der Waals surface area contributed by atoms with Gasteiger partial charge in [0.1, 0.15) is 17.9 Å². The van der Waals surface area contributed by atoms with Crippen molar-refractivity contribution in [2.24, 2.45) is 0 Å². The van der Waals surface area contributed by atoms with E-state index in [1.54, 1.807) is 4.90 Å². The van der Waals surface area contributed by atoms with Crippen LogP contribution in [0.15, 0.2) is 18.2 Å². The van der Waals surface area contributed by atoms with E-state index in [4.69, 9.17) is 9.47 Å². The van der Waals surface area contributed by atoms with Crippen LogP contribution in [0.1, 0.15) is 80.6 Å². The maximum absolute atomic E-state index is 13.0. The molecule has 190 valence electrons. The Kier molecular flexibility index (Phi) is 6.86. The minimum Gasteiger partial charge on any atom is -0.489 e. The third-order valence-electron chi connectivity index (χ3n) is 8.52. The van der Waals surface area contributed by atoms with Gasteiger partial charge in [0, 0.05) is 44.8 Å². The van der Waals surface area contributed by atoms with Crippen LogP contribution in [-0.2, 0) is 20.9 Å². The second-order valence-corrected chi connectivity index (χ2v) is 10.8. The average Bonchev–Trinajstić information content (AvgIpc) is 3.00. The van der Waals surface area contributed by atoms with Crippen LogP contribution >= 0.6 is 0 Å². The molecule has 2 saturated heterocycles. The van der Waals surface area contributed by atoms with Crippen molar-refractivity contribution < 1.29 is 23.9 Å². The van der Waals surface area contributed by atoms with Crippen molar-refractivity contribution in [1.82, 2.24) is 15.1 Å². The first-order chi connectivity index (χ1) is 16.9. The molecule has 3 fully saturated rings. The molecule has 1 saturated carbocycles. The lowest BCUT2D eigenvalue weighted by atomic mass is 9.91. The van der Waals surface area contributed by atoms with Gasteiger partial charge in [0.2, 0.25) is 11.8 Å². The van der Waals surface area contributed by atoms with Gasteiger partial charge in [-0.2, -0.15) is 0 Å². The lowest BCUT2D eigenvalue weighted by molar-refractivity contribution is -0.136. The van der Waals surface area contributed by atoms with Crippen LogP contribution < -0.4 is 10.1 Å². The fourth-order valence-electron chi connectivity index (χ4n) is 6.14. The molecule has 0 bridgehead atoms. The Balaban J connectivity index is 1.28. The molecule has 1 aliphatic carbocycles. The molecule has 3 amide bonds. The molecular weight excluding hydrogens is 446 g/mol. The van der Waals surface area contributed by atoms with Crippen molar-refractivity contribution in [3.05, 3.63) is 29.3 Å². The molecule has 3 aliphatic heterocycles. The van der Waals surface area contributed by atoms with Gasteiger partial charge < -0.3 is 14.4 Å². The highest BCUT2D eigenvalue weighted by Crippen LogP contribution is 2.34. The summed E-state index contributed by atoms with van der Waals surface area (Å²) in [6.07, 6.45) is 8.60. The predicted molar refractivity (Wildman–Crippen MR) is 130 cm³/mol. The SMILES string of the molecule is COC1(C)CCN([C@@H]2CCCCC[C@H]2Oc2ccc3c(c2)CN(C2CCC(=O)NC2=O)C3=O)CC1. The first-order valence-electron chi connectivity index (χ1n) is 13.1. The van der Waals surface area contributed by atoms with Crippen molar-refractivity contribution in [3.8, 4) is 5.75 Å². The number of nitrogens with one attached hydrogen (secondary N) is 1. The molecule has 0 spiro atoms. The Bertz CT molecular complexity index is 987. The monoisotopic (exact) mass is 483 g/mol. The largest absolute Gasteiger partial charge is 0.489 e. The van der Waals surface area contributed by atoms with E-state index >= 15 is 0 Å². The molecule has 1 unspecified atom stereocenters. The fourth-order valence-corrected chi connectivity index (χ4v) is 6.14. The average molecular weight is 484 g/mol. The van der Waals surface area contributed by atoms with E-state index in [2.05, 4.69) is 17.1 Å². The highest BCUT2D eigenvalue weighted by Gasteiger charge is 2.40. The molecule has 8 heteroatoms. The van der Waals surface area contributed by atoms with Crippen LogP contribution in [0, 0.1) is 0 Å². The number of hydrogen-bond donors (Lipinski definition) is 1. The predicted octanol–water partition coefficient (Wildman–Crippen LogP) is 3.03. The van der Waals surface area contributed by atoms with Gasteiger partial charge in [-0.15, -0.1) is 0 Å². The number of hydrogen-bond acceptors (Lipinski definition) is 6. The zero-order chi connectivity index (χ0) is 24.6. The number of piperidine rings is 2. The summed E-state index contributed by atoms with van der Waals surface area (Å²) in [5, 5.41) is 2.36. The molecule has 3 heterocycles. The minimum atomic E-state index is -0.597. The summed E-state index contributed by atoms with van der Waals surface area (Å²) in [6, 6.07) is 5.48. The summed E-state index contributed by atoms with van der Waals surface area (Å²) in [4.78, 5) is 41.0. The quantitative estimate of drug-likeness (QED) is 0.512. The lowest BCUT2D eigenvalue weighted by Gasteiger charge is -2.43. The molecule has 5 rings (SSSR count). The molecule has 3 atom stereocenters. The van der Waals surface area contributed by atoms with Crippen LogP contribution in [0.2, 0.25) is 0 Å². The summed E-state index contributed by atoms with van der Waals surface area (Å²) < 4.78 is 12.4.